The number of aryl methyl sites for hydroxylation is 1. The topological polar surface area (TPSA) is 59.1 Å². The number of amides is 2. The van der Waals surface area contributed by atoms with Gasteiger partial charge in [0.1, 0.15) is 0 Å². The van der Waals surface area contributed by atoms with Gasteiger partial charge in [-0.2, -0.15) is 0 Å². The SMILES string of the molecule is Cc1ccccc1CN1C(=O)CSc2ccc(C(=O)N3CCC4(CC3)OCCO4)cc21. The Morgan fingerprint density at radius 1 is 1.10 bits per heavy atom. The highest BCUT2D eigenvalue weighted by Gasteiger charge is 2.41. The zero-order valence-corrected chi connectivity index (χ0v) is 18.5. The zero-order chi connectivity index (χ0) is 21.4. The molecule has 7 heteroatoms. The van der Waals surface area contributed by atoms with Crippen molar-refractivity contribution in [1.29, 1.82) is 0 Å². The predicted octanol–water partition coefficient (Wildman–Crippen LogP) is 3.61. The van der Waals surface area contributed by atoms with E-state index in [9.17, 15) is 9.59 Å². The van der Waals surface area contributed by atoms with E-state index < -0.39 is 5.79 Å². The first kappa shape index (κ1) is 20.5. The van der Waals surface area contributed by atoms with Gasteiger partial charge in [-0.1, -0.05) is 24.3 Å². The van der Waals surface area contributed by atoms with E-state index in [4.69, 9.17) is 9.47 Å². The van der Waals surface area contributed by atoms with Crippen LogP contribution in [0, 0.1) is 6.92 Å². The minimum absolute atomic E-state index is 0.00508. The van der Waals surface area contributed by atoms with Crippen molar-refractivity contribution in [2.45, 2.75) is 37.0 Å². The molecule has 5 rings (SSSR count). The molecule has 162 valence electrons. The number of carbonyl (C=O) groups is 2. The Morgan fingerprint density at radius 3 is 2.58 bits per heavy atom. The van der Waals surface area contributed by atoms with Gasteiger partial charge < -0.3 is 19.3 Å². The molecule has 0 saturated carbocycles. The third-order valence-corrected chi connectivity index (χ3v) is 7.41. The van der Waals surface area contributed by atoms with Crippen molar-refractivity contribution in [3.05, 3.63) is 59.2 Å². The van der Waals surface area contributed by atoms with Gasteiger partial charge in [0, 0.05) is 36.4 Å². The monoisotopic (exact) mass is 438 g/mol. The summed E-state index contributed by atoms with van der Waals surface area (Å²) < 4.78 is 11.5. The summed E-state index contributed by atoms with van der Waals surface area (Å²) >= 11 is 1.53. The van der Waals surface area contributed by atoms with Gasteiger partial charge >= 0.3 is 0 Å². The van der Waals surface area contributed by atoms with E-state index in [1.54, 1.807) is 0 Å². The largest absolute Gasteiger partial charge is 0.347 e. The van der Waals surface area contributed by atoms with Crippen molar-refractivity contribution in [1.82, 2.24) is 4.90 Å². The molecule has 2 amide bonds. The maximum atomic E-state index is 13.2. The van der Waals surface area contributed by atoms with E-state index >= 15 is 0 Å². The first-order valence-corrected chi connectivity index (χ1v) is 11.7. The van der Waals surface area contributed by atoms with Crippen LogP contribution < -0.4 is 4.90 Å². The van der Waals surface area contributed by atoms with Gasteiger partial charge in [0.2, 0.25) is 5.91 Å². The molecule has 2 aromatic carbocycles. The average Bonchev–Trinajstić information content (AvgIpc) is 3.24. The normalized spacial score (nSPS) is 20.2. The fraction of sp³-hybridized carbons (Fsp3) is 0.417. The van der Waals surface area contributed by atoms with Crippen molar-refractivity contribution in [2.24, 2.45) is 0 Å². The molecule has 2 fully saturated rings. The molecule has 0 aliphatic carbocycles. The lowest BCUT2D eigenvalue weighted by Gasteiger charge is -2.37. The van der Waals surface area contributed by atoms with Crippen LogP contribution in [0.2, 0.25) is 0 Å². The van der Waals surface area contributed by atoms with E-state index in [0.29, 0.717) is 57.0 Å². The molecule has 3 aliphatic rings. The van der Waals surface area contributed by atoms with Crippen molar-refractivity contribution in [2.75, 3.05) is 37.0 Å². The van der Waals surface area contributed by atoms with E-state index in [1.165, 1.54) is 11.8 Å². The van der Waals surface area contributed by atoms with Gasteiger partial charge in [-0.15, -0.1) is 11.8 Å². The summed E-state index contributed by atoms with van der Waals surface area (Å²) in [5, 5.41) is 0. The summed E-state index contributed by atoms with van der Waals surface area (Å²) in [6.07, 6.45) is 1.38. The third-order valence-electron chi connectivity index (χ3n) is 6.36. The van der Waals surface area contributed by atoms with Gasteiger partial charge in [-0.25, -0.2) is 0 Å². The molecule has 3 heterocycles. The molecule has 0 radical (unpaired) electrons. The van der Waals surface area contributed by atoms with Crippen molar-refractivity contribution < 1.29 is 19.1 Å². The molecular weight excluding hydrogens is 412 g/mol. The fourth-order valence-corrected chi connectivity index (χ4v) is 5.40. The molecule has 3 aliphatic heterocycles. The van der Waals surface area contributed by atoms with Crippen LogP contribution in [0.5, 0.6) is 0 Å². The highest BCUT2D eigenvalue weighted by atomic mass is 32.2. The standard InChI is InChI=1S/C24H26N2O4S/c1-17-4-2-3-5-19(17)15-26-20-14-18(6-7-21(20)31-16-22(26)27)23(28)25-10-8-24(9-11-25)29-12-13-30-24/h2-7,14H,8-13,15-16H2,1H3. The van der Waals surface area contributed by atoms with E-state index in [-0.39, 0.29) is 11.8 Å². The van der Waals surface area contributed by atoms with Crippen LogP contribution in [0.4, 0.5) is 5.69 Å². The van der Waals surface area contributed by atoms with Gasteiger partial charge in [0.25, 0.3) is 5.91 Å². The molecule has 31 heavy (non-hydrogen) atoms. The summed E-state index contributed by atoms with van der Waals surface area (Å²) in [6, 6.07) is 13.8. The molecule has 1 spiro atoms. The molecule has 0 atom stereocenters. The number of carbonyl (C=O) groups excluding carboxylic acids is 2. The zero-order valence-electron chi connectivity index (χ0n) is 17.6. The maximum absolute atomic E-state index is 13.2. The van der Waals surface area contributed by atoms with Crippen LogP contribution in [0.25, 0.3) is 0 Å². The molecule has 6 nitrogen and oxygen atoms in total. The number of anilines is 1. The minimum atomic E-state index is -0.500. The number of thioether (sulfide) groups is 1. The Balaban J connectivity index is 1.37. The Morgan fingerprint density at radius 2 is 1.84 bits per heavy atom. The summed E-state index contributed by atoms with van der Waals surface area (Å²) in [7, 11) is 0. The Bertz CT molecular complexity index is 1010. The lowest BCUT2D eigenvalue weighted by atomic mass is 10.0. The quantitative estimate of drug-likeness (QED) is 0.733. The van der Waals surface area contributed by atoms with E-state index in [1.807, 2.05) is 40.1 Å². The number of hydrogen-bond donors (Lipinski definition) is 0. The van der Waals surface area contributed by atoms with Crippen molar-refractivity contribution in [3.63, 3.8) is 0 Å². The first-order chi connectivity index (χ1) is 15.0. The van der Waals surface area contributed by atoms with Gasteiger partial charge in [-0.05, 0) is 36.2 Å². The summed E-state index contributed by atoms with van der Waals surface area (Å²) in [4.78, 5) is 30.7. The van der Waals surface area contributed by atoms with E-state index in [0.717, 1.165) is 21.7 Å². The van der Waals surface area contributed by atoms with Crippen molar-refractivity contribution >= 4 is 29.3 Å². The second-order valence-electron chi connectivity index (χ2n) is 8.28. The van der Waals surface area contributed by atoms with E-state index in [2.05, 4.69) is 19.1 Å². The first-order valence-electron chi connectivity index (χ1n) is 10.7. The number of benzene rings is 2. The Hall–Kier alpha value is -2.35. The Kier molecular flexibility index (Phi) is 5.50. The predicted molar refractivity (Wildman–Crippen MR) is 119 cm³/mol. The van der Waals surface area contributed by atoms with Crippen LogP contribution >= 0.6 is 11.8 Å². The smallest absolute Gasteiger partial charge is 0.253 e. The number of fused-ring (bicyclic) bond motifs is 1. The molecule has 0 bridgehead atoms. The van der Waals surface area contributed by atoms with Gasteiger partial charge in [-0.3, -0.25) is 9.59 Å². The molecule has 2 saturated heterocycles. The van der Waals surface area contributed by atoms with Gasteiger partial charge in [0.05, 0.1) is 31.2 Å². The molecule has 0 unspecified atom stereocenters. The molecule has 0 N–H and O–H groups in total. The second kappa shape index (κ2) is 8.30. The summed E-state index contributed by atoms with van der Waals surface area (Å²) in [5.41, 5.74) is 3.71. The summed E-state index contributed by atoms with van der Waals surface area (Å²) in [6.45, 7) is 5.04. The number of ether oxygens (including phenoxy) is 2. The number of likely N-dealkylation sites (tertiary alicyclic amines) is 1. The lowest BCUT2D eigenvalue weighted by molar-refractivity contribution is -0.181. The Labute approximate surface area is 186 Å². The fourth-order valence-electron chi connectivity index (χ4n) is 4.49. The molecular formula is C24H26N2O4S. The van der Waals surface area contributed by atoms with Gasteiger partial charge in [0.15, 0.2) is 5.79 Å². The lowest BCUT2D eigenvalue weighted by Crippen LogP contribution is -2.47. The number of nitrogens with zero attached hydrogens (tertiary/aromatic N) is 2. The van der Waals surface area contributed by atoms with Crippen molar-refractivity contribution in [3.8, 4) is 0 Å². The second-order valence-corrected chi connectivity index (χ2v) is 9.29. The maximum Gasteiger partial charge on any atom is 0.253 e. The average molecular weight is 439 g/mol. The van der Waals surface area contributed by atoms with Crippen LogP contribution in [-0.4, -0.2) is 54.6 Å². The van der Waals surface area contributed by atoms with Crippen LogP contribution in [0.3, 0.4) is 0 Å². The minimum Gasteiger partial charge on any atom is -0.347 e. The highest BCUT2D eigenvalue weighted by Crippen LogP contribution is 2.38. The number of piperidine rings is 1. The van der Waals surface area contributed by atoms with Crippen LogP contribution in [0.1, 0.15) is 34.3 Å². The molecule has 0 aromatic heterocycles. The van der Waals surface area contributed by atoms with Crippen LogP contribution in [-0.2, 0) is 20.8 Å². The third kappa shape index (κ3) is 3.97. The number of rotatable bonds is 3. The number of hydrogen-bond acceptors (Lipinski definition) is 5. The highest BCUT2D eigenvalue weighted by molar-refractivity contribution is 8.00. The summed E-state index contributed by atoms with van der Waals surface area (Å²) in [5.74, 6) is -0.0178. The molecule has 2 aromatic rings. The van der Waals surface area contributed by atoms with Crippen LogP contribution in [0.15, 0.2) is 47.4 Å².